The Hall–Kier alpha value is 0.01000. The molecule has 1 aromatic heterocycles. The number of ether oxygens (including phenoxy) is 1. The first-order valence-corrected chi connectivity index (χ1v) is 9.38. The van der Waals surface area contributed by atoms with Crippen LogP contribution in [0.25, 0.3) is 0 Å². The molecule has 1 aliphatic rings. The fourth-order valence-corrected chi connectivity index (χ4v) is 6.09. The number of hydrogen-bond acceptors (Lipinski definition) is 5. The van der Waals surface area contributed by atoms with Gasteiger partial charge in [0.2, 0.25) is 10.0 Å². The van der Waals surface area contributed by atoms with E-state index in [1.54, 1.807) is 0 Å². The summed E-state index contributed by atoms with van der Waals surface area (Å²) < 4.78 is 33.6. The van der Waals surface area contributed by atoms with Gasteiger partial charge in [-0.2, -0.15) is 0 Å². The Bertz CT molecular complexity index is 582. The molecule has 0 aromatic carbocycles. The van der Waals surface area contributed by atoms with Gasteiger partial charge in [0.1, 0.15) is 4.90 Å². The topological polar surface area (TPSA) is 75.6 Å². The number of aliphatic hydroxyl groups excluding tert-OH is 1. The Balaban J connectivity index is 2.16. The maximum Gasteiger partial charge on any atom is 0.242 e. The molecule has 5 nitrogen and oxygen atoms in total. The highest BCUT2D eigenvalue weighted by molar-refractivity contribution is 9.11. The summed E-state index contributed by atoms with van der Waals surface area (Å²) in [7, 11) is -3.58. The van der Waals surface area contributed by atoms with Crippen molar-refractivity contribution in [2.24, 2.45) is 0 Å². The molecule has 0 bridgehead atoms. The molecule has 8 heteroatoms. The molecular formula is C12H18BrNO4S2. The molecule has 1 atom stereocenters. The molecule has 0 spiro atoms. The first-order valence-electron chi connectivity index (χ1n) is 6.29. The first kappa shape index (κ1) is 16.4. The van der Waals surface area contributed by atoms with Crippen LogP contribution in [0.1, 0.15) is 31.6 Å². The van der Waals surface area contributed by atoms with E-state index in [1.807, 2.05) is 13.8 Å². The van der Waals surface area contributed by atoms with E-state index in [-0.39, 0.29) is 23.1 Å². The van der Waals surface area contributed by atoms with Crippen LogP contribution in [0, 0.1) is 0 Å². The number of rotatable bonds is 4. The van der Waals surface area contributed by atoms with E-state index < -0.39 is 10.0 Å². The van der Waals surface area contributed by atoms with Crippen LogP contribution in [0.15, 0.2) is 14.7 Å². The standard InChI is InChI=1S/C12H18BrNO4S2/c1-12(2)6-8(3-4-18-12)14-20(16,17)10-5-9(7-15)19-11(10)13/h5,8,14-15H,3-4,6-7H2,1-2H3. The van der Waals surface area contributed by atoms with Crippen molar-refractivity contribution in [1.82, 2.24) is 4.72 Å². The van der Waals surface area contributed by atoms with E-state index in [1.165, 1.54) is 17.4 Å². The van der Waals surface area contributed by atoms with Gasteiger partial charge in [-0.3, -0.25) is 0 Å². The van der Waals surface area contributed by atoms with Crippen LogP contribution in [0.5, 0.6) is 0 Å². The summed E-state index contributed by atoms with van der Waals surface area (Å²) in [5.41, 5.74) is -0.312. The maximum atomic E-state index is 12.4. The van der Waals surface area contributed by atoms with Crippen LogP contribution in [-0.4, -0.2) is 31.8 Å². The lowest BCUT2D eigenvalue weighted by atomic mass is 9.95. The second-order valence-electron chi connectivity index (χ2n) is 5.43. The molecule has 0 amide bonds. The molecule has 0 saturated carbocycles. The molecule has 1 aliphatic heterocycles. The predicted molar refractivity (Wildman–Crippen MR) is 81.3 cm³/mol. The van der Waals surface area contributed by atoms with Crippen LogP contribution in [-0.2, 0) is 21.4 Å². The summed E-state index contributed by atoms with van der Waals surface area (Å²) >= 11 is 4.47. The van der Waals surface area contributed by atoms with Gasteiger partial charge >= 0.3 is 0 Å². The number of nitrogens with one attached hydrogen (secondary N) is 1. The molecule has 1 unspecified atom stereocenters. The zero-order valence-corrected chi connectivity index (χ0v) is 14.6. The minimum absolute atomic E-state index is 0.131. The molecule has 2 rings (SSSR count). The molecule has 1 fully saturated rings. The molecule has 0 aliphatic carbocycles. The van der Waals surface area contributed by atoms with Gasteiger partial charge in [-0.25, -0.2) is 13.1 Å². The second kappa shape index (κ2) is 6.02. The van der Waals surface area contributed by atoms with Crippen molar-refractivity contribution in [3.63, 3.8) is 0 Å². The molecule has 2 heterocycles. The van der Waals surface area contributed by atoms with Crippen LogP contribution in [0.2, 0.25) is 0 Å². The van der Waals surface area contributed by atoms with E-state index in [4.69, 9.17) is 9.84 Å². The molecule has 1 aromatic rings. The lowest BCUT2D eigenvalue weighted by Crippen LogP contribution is -2.45. The number of sulfonamides is 1. The average molecular weight is 384 g/mol. The molecule has 0 radical (unpaired) electrons. The molecular weight excluding hydrogens is 366 g/mol. The van der Waals surface area contributed by atoms with Crippen molar-refractivity contribution < 1.29 is 18.3 Å². The van der Waals surface area contributed by atoms with E-state index in [0.717, 1.165) is 0 Å². The summed E-state index contributed by atoms with van der Waals surface area (Å²) in [5.74, 6) is 0. The third-order valence-corrected chi connectivity index (χ3v) is 6.93. The van der Waals surface area contributed by atoms with Crippen LogP contribution in [0.4, 0.5) is 0 Å². The molecule has 114 valence electrons. The number of halogens is 1. The normalized spacial score (nSPS) is 22.9. The SMILES string of the molecule is CC1(C)CC(NS(=O)(=O)c2cc(CO)sc2Br)CCO1. The van der Waals surface area contributed by atoms with Crippen molar-refractivity contribution >= 4 is 37.3 Å². The number of aliphatic hydroxyl groups is 1. The lowest BCUT2D eigenvalue weighted by molar-refractivity contribution is -0.0599. The Kier molecular flexibility index (Phi) is 4.93. The van der Waals surface area contributed by atoms with E-state index >= 15 is 0 Å². The predicted octanol–water partition coefficient (Wildman–Crippen LogP) is 2.24. The first-order chi connectivity index (χ1) is 9.23. The van der Waals surface area contributed by atoms with Gasteiger partial charge in [-0.15, -0.1) is 11.3 Å². The fourth-order valence-electron chi connectivity index (χ4n) is 2.27. The van der Waals surface area contributed by atoms with E-state index in [0.29, 0.717) is 28.1 Å². The largest absolute Gasteiger partial charge is 0.391 e. The van der Waals surface area contributed by atoms with Crippen molar-refractivity contribution in [1.29, 1.82) is 0 Å². The third kappa shape index (κ3) is 3.80. The van der Waals surface area contributed by atoms with Crippen molar-refractivity contribution in [3.8, 4) is 0 Å². The number of thiophene rings is 1. The van der Waals surface area contributed by atoms with Crippen molar-refractivity contribution in [2.45, 2.75) is 49.8 Å². The van der Waals surface area contributed by atoms with Gasteiger partial charge in [-0.05, 0) is 48.7 Å². The van der Waals surface area contributed by atoms with Crippen LogP contribution < -0.4 is 4.72 Å². The van der Waals surface area contributed by atoms with Gasteiger partial charge in [0.25, 0.3) is 0 Å². The van der Waals surface area contributed by atoms with Crippen LogP contribution in [0.3, 0.4) is 0 Å². The monoisotopic (exact) mass is 383 g/mol. The van der Waals surface area contributed by atoms with E-state index in [2.05, 4.69) is 20.7 Å². The Labute approximate surface area is 131 Å². The van der Waals surface area contributed by atoms with Gasteiger partial charge in [0.15, 0.2) is 0 Å². The fraction of sp³-hybridized carbons (Fsp3) is 0.667. The molecule has 20 heavy (non-hydrogen) atoms. The smallest absolute Gasteiger partial charge is 0.242 e. The van der Waals surface area contributed by atoms with E-state index in [9.17, 15) is 8.42 Å². The zero-order valence-electron chi connectivity index (χ0n) is 11.3. The highest BCUT2D eigenvalue weighted by atomic mass is 79.9. The molecule has 2 N–H and O–H groups in total. The Morgan fingerprint density at radius 2 is 2.30 bits per heavy atom. The number of hydrogen-bond donors (Lipinski definition) is 2. The summed E-state index contributed by atoms with van der Waals surface area (Å²) in [4.78, 5) is 0.806. The van der Waals surface area contributed by atoms with Gasteiger partial charge in [-0.1, -0.05) is 0 Å². The van der Waals surface area contributed by atoms with Gasteiger partial charge in [0.05, 0.1) is 16.0 Å². The maximum absolute atomic E-state index is 12.4. The summed E-state index contributed by atoms with van der Waals surface area (Å²) in [6.07, 6.45) is 1.30. The highest BCUT2D eigenvalue weighted by Crippen LogP contribution is 2.32. The summed E-state index contributed by atoms with van der Waals surface area (Å²) in [6, 6.07) is 1.37. The van der Waals surface area contributed by atoms with Crippen LogP contribution >= 0.6 is 27.3 Å². The van der Waals surface area contributed by atoms with Gasteiger partial charge < -0.3 is 9.84 Å². The summed E-state index contributed by atoms with van der Waals surface area (Å²) in [5, 5.41) is 9.09. The molecule has 1 saturated heterocycles. The minimum atomic E-state index is -3.58. The Morgan fingerprint density at radius 1 is 1.60 bits per heavy atom. The van der Waals surface area contributed by atoms with Crippen molar-refractivity contribution in [2.75, 3.05) is 6.61 Å². The second-order valence-corrected chi connectivity index (χ2v) is 9.56. The average Bonchev–Trinajstić information content (AvgIpc) is 2.69. The summed E-state index contributed by atoms with van der Waals surface area (Å²) in [6.45, 7) is 4.30. The zero-order chi connectivity index (χ0) is 15.0. The third-order valence-electron chi connectivity index (χ3n) is 3.17. The Morgan fingerprint density at radius 3 is 2.85 bits per heavy atom. The van der Waals surface area contributed by atoms with Gasteiger partial charge in [0, 0.05) is 17.5 Å². The van der Waals surface area contributed by atoms with Crippen molar-refractivity contribution in [3.05, 3.63) is 14.7 Å². The quantitative estimate of drug-likeness (QED) is 0.835. The minimum Gasteiger partial charge on any atom is -0.391 e. The lowest BCUT2D eigenvalue weighted by Gasteiger charge is -2.35. The highest BCUT2D eigenvalue weighted by Gasteiger charge is 2.32.